The van der Waals surface area contributed by atoms with Crippen LogP contribution in [0.2, 0.25) is 0 Å². The molecular weight excluding hydrogens is 202 g/mol. The van der Waals surface area contributed by atoms with Gasteiger partial charge in [-0.15, -0.1) is 0 Å². The summed E-state index contributed by atoms with van der Waals surface area (Å²) in [5, 5.41) is 0. The van der Waals surface area contributed by atoms with Gasteiger partial charge in [0.25, 0.3) is 0 Å². The van der Waals surface area contributed by atoms with Gasteiger partial charge in [0.15, 0.2) is 0 Å². The first-order valence-electron chi connectivity index (χ1n) is 4.14. The SMILES string of the molecule is COC(=O)C#CCc1ccc(F)cc1F. The van der Waals surface area contributed by atoms with Crippen molar-refractivity contribution in [2.45, 2.75) is 6.42 Å². The Labute approximate surface area is 85.9 Å². The lowest BCUT2D eigenvalue weighted by Gasteiger charge is -1.97. The summed E-state index contributed by atoms with van der Waals surface area (Å²) in [4.78, 5) is 10.6. The number of carbonyl (C=O) groups is 1. The van der Waals surface area contributed by atoms with Crippen LogP contribution < -0.4 is 0 Å². The van der Waals surface area contributed by atoms with Crippen LogP contribution in [0.25, 0.3) is 0 Å². The molecule has 0 atom stereocenters. The minimum Gasteiger partial charge on any atom is -0.459 e. The molecule has 0 aromatic heterocycles. The van der Waals surface area contributed by atoms with Crippen molar-refractivity contribution in [3.8, 4) is 11.8 Å². The Morgan fingerprint density at radius 3 is 2.80 bits per heavy atom. The van der Waals surface area contributed by atoms with Crippen molar-refractivity contribution in [3.63, 3.8) is 0 Å². The third-order valence-corrected chi connectivity index (χ3v) is 1.67. The maximum Gasteiger partial charge on any atom is 0.384 e. The monoisotopic (exact) mass is 210 g/mol. The molecule has 0 unspecified atom stereocenters. The molecule has 1 aromatic rings. The van der Waals surface area contributed by atoms with Gasteiger partial charge in [-0.1, -0.05) is 12.0 Å². The largest absolute Gasteiger partial charge is 0.459 e. The van der Waals surface area contributed by atoms with E-state index in [1.807, 2.05) is 0 Å². The number of methoxy groups -OCH3 is 1. The summed E-state index contributed by atoms with van der Waals surface area (Å²) in [5.41, 5.74) is 0.243. The summed E-state index contributed by atoms with van der Waals surface area (Å²) in [7, 11) is 1.20. The van der Waals surface area contributed by atoms with E-state index in [9.17, 15) is 13.6 Å². The van der Waals surface area contributed by atoms with Gasteiger partial charge >= 0.3 is 5.97 Å². The Hall–Kier alpha value is -1.89. The molecule has 0 N–H and O–H groups in total. The van der Waals surface area contributed by atoms with Gasteiger partial charge in [0.1, 0.15) is 11.6 Å². The maximum absolute atomic E-state index is 13.0. The van der Waals surface area contributed by atoms with Gasteiger partial charge in [-0.3, -0.25) is 0 Å². The number of benzene rings is 1. The van der Waals surface area contributed by atoms with Gasteiger partial charge < -0.3 is 4.74 Å². The third-order valence-electron chi connectivity index (χ3n) is 1.67. The van der Waals surface area contributed by atoms with E-state index in [4.69, 9.17) is 0 Å². The van der Waals surface area contributed by atoms with Crippen molar-refractivity contribution in [2.24, 2.45) is 0 Å². The topological polar surface area (TPSA) is 26.3 Å². The number of rotatable bonds is 1. The normalized spacial score (nSPS) is 9.00. The molecule has 0 radical (unpaired) electrons. The number of carbonyl (C=O) groups excluding carboxylic acids is 1. The quantitative estimate of drug-likeness (QED) is 0.400. The minimum absolute atomic E-state index is 0.0429. The second-order valence-corrected chi connectivity index (χ2v) is 2.71. The first-order valence-corrected chi connectivity index (χ1v) is 4.14. The first kappa shape index (κ1) is 11.2. The Balaban J connectivity index is 2.72. The van der Waals surface area contributed by atoms with E-state index >= 15 is 0 Å². The third kappa shape index (κ3) is 3.39. The predicted octanol–water partition coefficient (Wildman–Crippen LogP) is 1.68. The van der Waals surface area contributed by atoms with Gasteiger partial charge in [0.05, 0.1) is 7.11 Å². The summed E-state index contributed by atoms with van der Waals surface area (Å²) in [6, 6.07) is 3.20. The molecule has 0 bridgehead atoms. The van der Waals surface area contributed by atoms with E-state index < -0.39 is 17.6 Å². The van der Waals surface area contributed by atoms with Gasteiger partial charge in [0.2, 0.25) is 0 Å². The molecule has 0 fully saturated rings. The molecule has 0 saturated heterocycles. The Kier molecular flexibility index (Phi) is 3.81. The molecule has 78 valence electrons. The van der Waals surface area contributed by atoms with E-state index in [0.29, 0.717) is 0 Å². The Morgan fingerprint density at radius 2 is 2.20 bits per heavy atom. The van der Waals surface area contributed by atoms with Gasteiger partial charge in [-0.2, -0.15) is 0 Å². The zero-order chi connectivity index (χ0) is 11.3. The molecule has 0 aliphatic heterocycles. The van der Waals surface area contributed by atoms with Gasteiger partial charge in [0, 0.05) is 18.4 Å². The number of ether oxygens (including phenoxy) is 1. The highest BCUT2D eigenvalue weighted by Crippen LogP contribution is 2.09. The standard InChI is InChI=1S/C11H8F2O2/c1-15-11(14)4-2-3-8-5-6-9(12)7-10(8)13/h5-7H,3H2,1H3. The molecule has 1 aromatic carbocycles. The van der Waals surface area contributed by atoms with Crippen LogP contribution in [-0.2, 0) is 16.0 Å². The van der Waals surface area contributed by atoms with Crippen molar-refractivity contribution in [1.29, 1.82) is 0 Å². The predicted molar refractivity (Wildman–Crippen MR) is 49.9 cm³/mol. The van der Waals surface area contributed by atoms with E-state index in [-0.39, 0.29) is 12.0 Å². The molecule has 2 nitrogen and oxygen atoms in total. The average Bonchev–Trinajstić information content (AvgIpc) is 2.21. The van der Waals surface area contributed by atoms with E-state index in [1.54, 1.807) is 0 Å². The molecule has 4 heteroatoms. The van der Waals surface area contributed by atoms with Crippen LogP contribution in [0.5, 0.6) is 0 Å². The molecule has 0 saturated carbocycles. The van der Waals surface area contributed by atoms with Crippen LogP contribution in [0.4, 0.5) is 8.78 Å². The summed E-state index contributed by atoms with van der Waals surface area (Å²) in [6.45, 7) is 0. The number of hydrogen-bond donors (Lipinski definition) is 0. The first-order chi connectivity index (χ1) is 7.13. The summed E-state index contributed by atoms with van der Waals surface area (Å²) >= 11 is 0. The van der Waals surface area contributed by atoms with Crippen LogP contribution in [0.15, 0.2) is 18.2 Å². The van der Waals surface area contributed by atoms with Crippen molar-refractivity contribution in [3.05, 3.63) is 35.4 Å². The lowest BCUT2D eigenvalue weighted by molar-refractivity contribution is -0.133. The Morgan fingerprint density at radius 1 is 1.47 bits per heavy atom. The zero-order valence-corrected chi connectivity index (χ0v) is 8.01. The summed E-state index contributed by atoms with van der Waals surface area (Å²) in [6.07, 6.45) is 0.0429. The van der Waals surface area contributed by atoms with E-state index in [2.05, 4.69) is 16.6 Å². The molecule has 0 aliphatic rings. The van der Waals surface area contributed by atoms with Crippen LogP contribution in [0.1, 0.15) is 5.56 Å². The maximum atomic E-state index is 13.0. The van der Waals surface area contributed by atoms with Crippen LogP contribution >= 0.6 is 0 Å². The second-order valence-electron chi connectivity index (χ2n) is 2.71. The molecular formula is C11H8F2O2. The molecule has 0 amide bonds. The zero-order valence-electron chi connectivity index (χ0n) is 8.01. The van der Waals surface area contributed by atoms with E-state index in [0.717, 1.165) is 12.1 Å². The fourth-order valence-corrected chi connectivity index (χ4v) is 0.928. The highest BCUT2D eigenvalue weighted by Gasteiger charge is 2.01. The number of hydrogen-bond acceptors (Lipinski definition) is 2. The van der Waals surface area contributed by atoms with Crippen LogP contribution in [-0.4, -0.2) is 13.1 Å². The van der Waals surface area contributed by atoms with Gasteiger partial charge in [-0.25, -0.2) is 13.6 Å². The number of esters is 1. The van der Waals surface area contributed by atoms with E-state index in [1.165, 1.54) is 13.2 Å². The minimum atomic E-state index is -0.683. The molecule has 0 spiro atoms. The van der Waals surface area contributed by atoms with Gasteiger partial charge in [-0.05, 0) is 11.6 Å². The lowest BCUT2D eigenvalue weighted by Crippen LogP contribution is -1.95. The number of halogens is 2. The van der Waals surface area contributed by atoms with Crippen molar-refractivity contribution >= 4 is 5.97 Å². The molecule has 0 heterocycles. The fraction of sp³-hybridized carbons (Fsp3) is 0.182. The fourth-order valence-electron chi connectivity index (χ4n) is 0.928. The van der Waals surface area contributed by atoms with Crippen molar-refractivity contribution in [2.75, 3.05) is 7.11 Å². The second kappa shape index (κ2) is 5.11. The molecule has 15 heavy (non-hydrogen) atoms. The highest BCUT2D eigenvalue weighted by atomic mass is 19.1. The Bertz CT molecular complexity index is 430. The molecule has 1 rings (SSSR count). The highest BCUT2D eigenvalue weighted by molar-refractivity contribution is 5.88. The lowest BCUT2D eigenvalue weighted by atomic mass is 10.1. The average molecular weight is 210 g/mol. The van der Waals surface area contributed by atoms with Crippen molar-refractivity contribution in [1.82, 2.24) is 0 Å². The summed E-state index contributed by atoms with van der Waals surface area (Å²) in [5.74, 6) is 2.58. The summed E-state index contributed by atoms with van der Waals surface area (Å²) < 4.78 is 29.8. The van der Waals surface area contributed by atoms with Crippen LogP contribution in [0.3, 0.4) is 0 Å². The molecule has 0 aliphatic carbocycles. The van der Waals surface area contributed by atoms with Crippen LogP contribution in [0, 0.1) is 23.5 Å². The van der Waals surface area contributed by atoms with Crippen molar-refractivity contribution < 1.29 is 18.3 Å². The smallest absolute Gasteiger partial charge is 0.384 e.